The molecule has 1 aromatic heterocycles. The molecule has 0 fully saturated rings. The number of carbonyl (C=O) groups excluding carboxylic acids is 1. The van der Waals surface area contributed by atoms with Crippen LogP contribution in [0.4, 0.5) is 10.8 Å². The van der Waals surface area contributed by atoms with Crippen molar-refractivity contribution in [1.82, 2.24) is 10.3 Å². The molecule has 32 heavy (non-hydrogen) atoms. The van der Waals surface area contributed by atoms with Crippen LogP contribution in [0.5, 0.6) is 0 Å². The molecule has 3 aromatic carbocycles. The highest BCUT2D eigenvalue weighted by molar-refractivity contribution is 7.13. The molecule has 0 saturated carbocycles. The van der Waals surface area contributed by atoms with Crippen LogP contribution >= 0.6 is 11.3 Å². The minimum Gasteiger partial charge on any atom is -0.375 e. The quantitative estimate of drug-likeness (QED) is 0.336. The van der Waals surface area contributed by atoms with Gasteiger partial charge in [0.1, 0.15) is 0 Å². The highest BCUT2D eigenvalue weighted by Gasteiger charge is 2.15. The normalized spacial score (nSPS) is 11.8. The Morgan fingerprint density at radius 3 is 2.19 bits per heavy atom. The van der Waals surface area contributed by atoms with Crippen LogP contribution in [0.1, 0.15) is 17.5 Å². The first-order valence-electron chi connectivity index (χ1n) is 10.6. The van der Waals surface area contributed by atoms with Crippen molar-refractivity contribution in [2.75, 3.05) is 11.1 Å². The molecule has 0 spiro atoms. The molecule has 4 aromatic rings. The lowest BCUT2D eigenvalue weighted by Gasteiger charge is -2.19. The average Bonchev–Trinajstić information content (AvgIpc) is 3.25. The summed E-state index contributed by atoms with van der Waals surface area (Å²) in [6.45, 7) is 0.719. The van der Waals surface area contributed by atoms with E-state index in [1.54, 1.807) is 0 Å². The summed E-state index contributed by atoms with van der Waals surface area (Å²) >= 11 is 1.41. The van der Waals surface area contributed by atoms with Gasteiger partial charge in [0.15, 0.2) is 5.13 Å². The summed E-state index contributed by atoms with van der Waals surface area (Å²) in [5, 5.41) is 9.05. The topological polar surface area (TPSA) is 80.0 Å². The number of anilines is 2. The van der Waals surface area contributed by atoms with E-state index in [9.17, 15) is 4.79 Å². The Balaban J connectivity index is 1.38. The first-order valence-corrected chi connectivity index (χ1v) is 11.5. The van der Waals surface area contributed by atoms with Crippen LogP contribution in [0.25, 0.3) is 11.3 Å². The van der Waals surface area contributed by atoms with Gasteiger partial charge in [-0.3, -0.25) is 4.79 Å². The van der Waals surface area contributed by atoms with Gasteiger partial charge in [0.2, 0.25) is 5.91 Å². The lowest BCUT2D eigenvalue weighted by molar-refractivity contribution is -0.116. The number of aromatic nitrogens is 1. The highest BCUT2D eigenvalue weighted by Crippen LogP contribution is 2.24. The van der Waals surface area contributed by atoms with E-state index < -0.39 is 0 Å². The van der Waals surface area contributed by atoms with Crippen LogP contribution in [-0.2, 0) is 17.8 Å². The van der Waals surface area contributed by atoms with Gasteiger partial charge in [-0.2, -0.15) is 0 Å². The minimum absolute atomic E-state index is 0.0165. The molecule has 0 saturated heterocycles. The number of nitrogens with two attached hydrogens (primary N) is 1. The predicted octanol–water partition coefficient (Wildman–Crippen LogP) is 5.12. The number of thiazole rings is 1. The second-order valence-corrected chi connectivity index (χ2v) is 8.54. The van der Waals surface area contributed by atoms with Crippen molar-refractivity contribution in [3.8, 4) is 11.3 Å². The largest absolute Gasteiger partial charge is 0.375 e. The molecule has 4 N–H and O–H groups in total. The molecule has 5 nitrogen and oxygen atoms in total. The van der Waals surface area contributed by atoms with Gasteiger partial charge in [-0.1, -0.05) is 72.8 Å². The number of rotatable bonds is 9. The fourth-order valence-corrected chi connectivity index (χ4v) is 4.13. The van der Waals surface area contributed by atoms with Crippen LogP contribution in [0.3, 0.4) is 0 Å². The van der Waals surface area contributed by atoms with E-state index in [1.807, 2.05) is 66.0 Å². The standard InChI is InChI=1S/C26H26N4OS/c27-26-30-24(18-32-26)21-11-13-22(14-12-21)29-25(31)16-23(15-19-7-3-1-4-8-19)28-17-20-9-5-2-6-10-20/h1-14,18,23,28H,15-17H2,(H2,27,30)(H,29,31)/t23-/m1/s1. The van der Waals surface area contributed by atoms with Crippen LogP contribution in [0.2, 0.25) is 0 Å². The van der Waals surface area contributed by atoms with E-state index in [0.29, 0.717) is 11.6 Å². The SMILES string of the molecule is Nc1nc(-c2ccc(NC(=O)C[C@@H](Cc3ccccc3)NCc3ccccc3)cc2)cs1. The summed E-state index contributed by atoms with van der Waals surface area (Å²) in [4.78, 5) is 17.1. The van der Waals surface area contributed by atoms with E-state index in [-0.39, 0.29) is 11.9 Å². The summed E-state index contributed by atoms with van der Waals surface area (Å²) in [5.41, 5.74) is 10.7. The summed E-state index contributed by atoms with van der Waals surface area (Å²) < 4.78 is 0. The van der Waals surface area contributed by atoms with Crippen LogP contribution in [-0.4, -0.2) is 16.9 Å². The molecule has 1 amide bonds. The van der Waals surface area contributed by atoms with E-state index in [4.69, 9.17) is 5.73 Å². The minimum atomic E-state index is -0.0165. The first-order chi connectivity index (χ1) is 15.7. The second-order valence-electron chi connectivity index (χ2n) is 7.65. The van der Waals surface area contributed by atoms with Crippen LogP contribution in [0, 0.1) is 0 Å². The van der Waals surface area contributed by atoms with Crippen molar-refractivity contribution in [2.24, 2.45) is 0 Å². The van der Waals surface area contributed by atoms with Crippen molar-refractivity contribution in [2.45, 2.75) is 25.4 Å². The van der Waals surface area contributed by atoms with Gasteiger partial charge < -0.3 is 16.4 Å². The second kappa shape index (κ2) is 10.7. The van der Waals surface area contributed by atoms with Gasteiger partial charge in [-0.25, -0.2) is 4.98 Å². The Morgan fingerprint density at radius 1 is 0.906 bits per heavy atom. The van der Waals surface area contributed by atoms with E-state index in [0.717, 1.165) is 29.9 Å². The average molecular weight is 443 g/mol. The van der Waals surface area contributed by atoms with Crippen molar-refractivity contribution in [1.29, 1.82) is 0 Å². The van der Waals surface area contributed by atoms with Crippen molar-refractivity contribution < 1.29 is 4.79 Å². The number of nitrogens with one attached hydrogen (secondary N) is 2. The van der Waals surface area contributed by atoms with Gasteiger partial charge in [-0.15, -0.1) is 11.3 Å². The van der Waals surface area contributed by atoms with E-state index in [2.05, 4.69) is 39.9 Å². The molecule has 1 heterocycles. The zero-order valence-electron chi connectivity index (χ0n) is 17.7. The molecule has 0 aliphatic carbocycles. The Bertz CT molecular complexity index is 1130. The van der Waals surface area contributed by atoms with Crippen molar-refractivity contribution in [3.05, 3.63) is 101 Å². The molecule has 1 atom stereocenters. The molecule has 0 aliphatic heterocycles. The number of carbonyl (C=O) groups is 1. The summed E-state index contributed by atoms with van der Waals surface area (Å²) in [6, 6.07) is 28.2. The van der Waals surface area contributed by atoms with Gasteiger partial charge >= 0.3 is 0 Å². The number of amides is 1. The first kappa shape index (κ1) is 21.7. The summed E-state index contributed by atoms with van der Waals surface area (Å²) in [5.74, 6) is -0.0165. The lowest BCUT2D eigenvalue weighted by Crippen LogP contribution is -2.34. The number of hydrogen-bond acceptors (Lipinski definition) is 5. The maximum atomic E-state index is 12.8. The lowest BCUT2D eigenvalue weighted by atomic mass is 10.0. The van der Waals surface area contributed by atoms with Crippen LogP contribution in [0.15, 0.2) is 90.3 Å². The highest BCUT2D eigenvalue weighted by atomic mass is 32.1. The van der Waals surface area contributed by atoms with Gasteiger partial charge in [0.05, 0.1) is 5.69 Å². The molecular formula is C26H26N4OS. The molecule has 0 radical (unpaired) electrons. The van der Waals surface area contributed by atoms with Crippen LogP contribution < -0.4 is 16.4 Å². The van der Waals surface area contributed by atoms with Crippen molar-refractivity contribution in [3.63, 3.8) is 0 Å². The maximum Gasteiger partial charge on any atom is 0.225 e. The Morgan fingerprint density at radius 2 is 1.56 bits per heavy atom. The molecular weight excluding hydrogens is 416 g/mol. The van der Waals surface area contributed by atoms with E-state index >= 15 is 0 Å². The fraction of sp³-hybridized carbons (Fsp3) is 0.154. The summed E-state index contributed by atoms with van der Waals surface area (Å²) in [7, 11) is 0. The number of hydrogen-bond donors (Lipinski definition) is 3. The molecule has 0 unspecified atom stereocenters. The molecule has 0 aliphatic rings. The zero-order valence-corrected chi connectivity index (χ0v) is 18.5. The fourth-order valence-electron chi connectivity index (χ4n) is 3.55. The number of nitrogen functional groups attached to an aromatic ring is 1. The Hall–Kier alpha value is -3.48. The van der Waals surface area contributed by atoms with Gasteiger partial charge in [0, 0.05) is 35.6 Å². The van der Waals surface area contributed by atoms with Crippen molar-refractivity contribution >= 4 is 28.1 Å². The Kier molecular flexibility index (Phi) is 7.27. The molecule has 4 rings (SSSR count). The third kappa shape index (κ3) is 6.26. The monoisotopic (exact) mass is 442 g/mol. The zero-order chi connectivity index (χ0) is 22.2. The summed E-state index contributed by atoms with van der Waals surface area (Å²) in [6.07, 6.45) is 1.16. The molecule has 6 heteroatoms. The smallest absolute Gasteiger partial charge is 0.225 e. The van der Waals surface area contributed by atoms with Gasteiger partial charge in [0.25, 0.3) is 0 Å². The predicted molar refractivity (Wildman–Crippen MR) is 132 cm³/mol. The number of benzene rings is 3. The number of nitrogens with zero attached hydrogens (tertiary/aromatic N) is 1. The third-order valence-corrected chi connectivity index (χ3v) is 5.85. The molecule has 162 valence electrons. The molecule has 0 bridgehead atoms. The third-order valence-electron chi connectivity index (χ3n) is 5.18. The van der Waals surface area contributed by atoms with Gasteiger partial charge in [-0.05, 0) is 29.7 Å². The Labute approximate surface area is 192 Å². The maximum absolute atomic E-state index is 12.8. The van der Waals surface area contributed by atoms with E-state index in [1.165, 1.54) is 22.5 Å².